The Morgan fingerprint density at radius 3 is 2.75 bits per heavy atom. The molecule has 2 rings (SSSR count). The summed E-state index contributed by atoms with van der Waals surface area (Å²) in [7, 11) is 0. The molecule has 2 atom stereocenters. The molecule has 0 aliphatic carbocycles. The zero-order valence-corrected chi connectivity index (χ0v) is 10.2. The van der Waals surface area contributed by atoms with E-state index in [2.05, 4.69) is 26.8 Å². The standard InChI is InChI=1S/C14H20O2/c1-4-6-12-13(15)11-8-5-7-10(9(2)3)14(11)16-12/h5,7-9,12-13,15H,4,6H2,1-3H3. The molecule has 88 valence electrons. The SMILES string of the molecule is CCCC1Oc2c(C(C)C)cccc2C1O. The van der Waals surface area contributed by atoms with E-state index in [-0.39, 0.29) is 6.10 Å². The smallest absolute Gasteiger partial charge is 0.129 e. The Balaban J connectivity index is 2.35. The Kier molecular flexibility index (Phi) is 3.20. The molecule has 0 fully saturated rings. The van der Waals surface area contributed by atoms with Gasteiger partial charge in [0.25, 0.3) is 0 Å². The molecule has 1 heterocycles. The molecule has 0 spiro atoms. The molecular weight excluding hydrogens is 200 g/mol. The lowest BCUT2D eigenvalue weighted by atomic mass is 9.97. The minimum absolute atomic E-state index is 0.0556. The molecule has 0 saturated heterocycles. The maximum absolute atomic E-state index is 10.2. The third-order valence-electron chi connectivity index (χ3n) is 3.21. The number of rotatable bonds is 3. The lowest BCUT2D eigenvalue weighted by molar-refractivity contribution is 0.0613. The van der Waals surface area contributed by atoms with Gasteiger partial charge >= 0.3 is 0 Å². The summed E-state index contributed by atoms with van der Waals surface area (Å²) in [6.45, 7) is 6.42. The van der Waals surface area contributed by atoms with Crippen molar-refractivity contribution in [3.05, 3.63) is 29.3 Å². The van der Waals surface area contributed by atoms with Crippen molar-refractivity contribution in [1.82, 2.24) is 0 Å². The summed E-state index contributed by atoms with van der Waals surface area (Å²) in [5, 5.41) is 10.2. The molecule has 0 radical (unpaired) electrons. The van der Waals surface area contributed by atoms with Crippen LogP contribution in [0.15, 0.2) is 18.2 Å². The molecule has 0 amide bonds. The second-order valence-corrected chi connectivity index (χ2v) is 4.81. The molecule has 2 nitrogen and oxygen atoms in total. The number of aliphatic hydroxyl groups is 1. The van der Waals surface area contributed by atoms with Crippen molar-refractivity contribution in [3.63, 3.8) is 0 Å². The summed E-state index contributed by atoms with van der Waals surface area (Å²) in [5.74, 6) is 1.35. The number of aliphatic hydroxyl groups excluding tert-OH is 1. The number of benzene rings is 1. The van der Waals surface area contributed by atoms with Gasteiger partial charge in [0, 0.05) is 5.56 Å². The van der Waals surface area contributed by atoms with Gasteiger partial charge in [-0.15, -0.1) is 0 Å². The van der Waals surface area contributed by atoms with Crippen LogP contribution in [-0.4, -0.2) is 11.2 Å². The predicted octanol–water partition coefficient (Wildman–Crippen LogP) is 3.40. The first-order valence-electron chi connectivity index (χ1n) is 6.12. The first-order valence-corrected chi connectivity index (χ1v) is 6.12. The molecule has 1 N–H and O–H groups in total. The van der Waals surface area contributed by atoms with E-state index in [0.717, 1.165) is 24.2 Å². The normalized spacial score (nSPS) is 23.3. The molecule has 16 heavy (non-hydrogen) atoms. The van der Waals surface area contributed by atoms with Gasteiger partial charge in [-0.1, -0.05) is 45.4 Å². The summed E-state index contributed by atoms with van der Waals surface area (Å²) >= 11 is 0. The third kappa shape index (κ3) is 1.82. The van der Waals surface area contributed by atoms with Gasteiger partial charge in [0.2, 0.25) is 0 Å². The largest absolute Gasteiger partial charge is 0.487 e. The van der Waals surface area contributed by atoms with Crippen molar-refractivity contribution >= 4 is 0 Å². The molecule has 1 aliphatic heterocycles. The van der Waals surface area contributed by atoms with Crippen LogP contribution in [0.1, 0.15) is 56.8 Å². The van der Waals surface area contributed by atoms with Gasteiger partial charge in [0.05, 0.1) is 0 Å². The highest BCUT2D eigenvalue weighted by Gasteiger charge is 2.33. The molecule has 0 bridgehead atoms. The van der Waals surface area contributed by atoms with Gasteiger partial charge in [0.15, 0.2) is 0 Å². The Hall–Kier alpha value is -1.02. The Labute approximate surface area is 97.3 Å². The minimum Gasteiger partial charge on any atom is -0.487 e. The molecular formula is C14H20O2. The van der Waals surface area contributed by atoms with E-state index >= 15 is 0 Å². The lowest BCUT2D eigenvalue weighted by Crippen LogP contribution is -2.17. The molecule has 0 saturated carbocycles. The molecule has 1 aromatic rings. The average Bonchev–Trinajstić information content (AvgIpc) is 2.57. The fraction of sp³-hybridized carbons (Fsp3) is 0.571. The van der Waals surface area contributed by atoms with Crippen LogP contribution in [0.25, 0.3) is 0 Å². The maximum atomic E-state index is 10.2. The quantitative estimate of drug-likeness (QED) is 0.846. The van der Waals surface area contributed by atoms with Crippen LogP contribution < -0.4 is 4.74 Å². The van der Waals surface area contributed by atoms with E-state index in [1.807, 2.05) is 12.1 Å². The number of hydrogen-bond acceptors (Lipinski definition) is 2. The summed E-state index contributed by atoms with van der Waals surface area (Å²) in [5.41, 5.74) is 2.17. The number of ether oxygens (including phenoxy) is 1. The Morgan fingerprint density at radius 2 is 2.12 bits per heavy atom. The monoisotopic (exact) mass is 220 g/mol. The van der Waals surface area contributed by atoms with E-state index in [0.29, 0.717) is 5.92 Å². The highest BCUT2D eigenvalue weighted by atomic mass is 16.5. The van der Waals surface area contributed by atoms with Crippen LogP contribution in [0.5, 0.6) is 5.75 Å². The number of hydrogen-bond donors (Lipinski definition) is 1. The van der Waals surface area contributed by atoms with E-state index in [4.69, 9.17) is 4.74 Å². The minimum atomic E-state index is -0.450. The summed E-state index contributed by atoms with van der Waals surface area (Å²) in [4.78, 5) is 0. The average molecular weight is 220 g/mol. The fourth-order valence-electron chi connectivity index (χ4n) is 2.31. The second kappa shape index (κ2) is 4.46. The van der Waals surface area contributed by atoms with Crippen molar-refractivity contribution in [2.45, 2.75) is 51.7 Å². The maximum Gasteiger partial charge on any atom is 0.129 e. The highest BCUT2D eigenvalue weighted by molar-refractivity contribution is 5.47. The van der Waals surface area contributed by atoms with Gasteiger partial charge in [-0.25, -0.2) is 0 Å². The van der Waals surface area contributed by atoms with Crippen LogP contribution in [0, 0.1) is 0 Å². The van der Waals surface area contributed by atoms with Crippen LogP contribution in [-0.2, 0) is 0 Å². The molecule has 0 aromatic heterocycles. The van der Waals surface area contributed by atoms with E-state index < -0.39 is 6.10 Å². The molecule has 1 aliphatic rings. The number of fused-ring (bicyclic) bond motifs is 1. The third-order valence-corrected chi connectivity index (χ3v) is 3.21. The molecule has 2 heteroatoms. The molecule has 2 unspecified atom stereocenters. The summed E-state index contributed by atoms with van der Waals surface area (Å²) < 4.78 is 5.90. The summed E-state index contributed by atoms with van der Waals surface area (Å²) in [6, 6.07) is 6.07. The van der Waals surface area contributed by atoms with Gasteiger partial charge in [-0.2, -0.15) is 0 Å². The summed E-state index contributed by atoms with van der Waals surface area (Å²) in [6.07, 6.45) is 1.44. The van der Waals surface area contributed by atoms with Crippen LogP contribution in [0.2, 0.25) is 0 Å². The highest BCUT2D eigenvalue weighted by Crippen LogP contribution is 2.42. The Bertz CT molecular complexity index is 371. The van der Waals surface area contributed by atoms with E-state index in [1.54, 1.807) is 0 Å². The van der Waals surface area contributed by atoms with Gasteiger partial charge in [-0.05, 0) is 17.9 Å². The zero-order valence-electron chi connectivity index (χ0n) is 10.2. The van der Waals surface area contributed by atoms with E-state index in [1.165, 1.54) is 5.56 Å². The zero-order chi connectivity index (χ0) is 11.7. The van der Waals surface area contributed by atoms with E-state index in [9.17, 15) is 5.11 Å². The van der Waals surface area contributed by atoms with Crippen molar-refractivity contribution < 1.29 is 9.84 Å². The Morgan fingerprint density at radius 1 is 1.38 bits per heavy atom. The topological polar surface area (TPSA) is 29.5 Å². The van der Waals surface area contributed by atoms with Crippen LogP contribution in [0.3, 0.4) is 0 Å². The second-order valence-electron chi connectivity index (χ2n) is 4.81. The van der Waals surface area contributed by atoms with Crippen molar-refractivity contribution in [2.24, 2.45) is 0 Å². The lowest BCUT2D eigenvalue weighted by Gasteiger charge is -2.14. The predicted molar refractivity (Wildman–Crippen MR) is 64.8 cm³/mol. The number of para-hydroxylation sites is 1. The van der Waals surface area contributed by atoms with Crippen molar-refractivity contribution in [1.29, 1.82) is 0 Å². The van der Waals surface area contributed by atoms with Gasteiger partial charge in [0.1, 0.15) is 18.0 Å². The van der Waals surface area contributed by atoms with Gasteiger partial charge < -0.3 is 9.84 Å². The van der Waals surface area contributed by atoms with Crippen LogP contribution >= 0.6 is 0 Å². The van der Waals surface area contributed by atoms with Gasteiger partial charge in [-0.3, -0.25) is 0 Å². The first kappa shape index (κ1) is 11.5. The van der Waals surface area contributed by atoms with Crippen molar-refractivity contribution in [3.8, 4) is 5.75 Å². The fourth-order valence-corrected chi connectivity index (χ4v) is 2.31. The van der Waals surface area contributed by atoms with Crippen LogP contribution in [0.4, 0.5) is 0 Å². The molecule has 1 aromatic carbocycles. The first-order chi connectivity index (χ1) is 7.65. The van der Waals surface area contributed by atoms with Crippen molar-refractivity contribution in [2.75, 3.05) is 0 Å².